The Balaban J connectivity index is 2.15. The largest absolute Gasteiger partial charge is 0.455 e. The van der Waals surface area contributed by atoms with Crippen LogP contribution in [0.15, 0.2) is 71.1 Å². The van der Waals surface area contributed by atoms with Crippen LogP contribution in [0.3, 0.4) is 0 Å². The standard InChI is InChI=1S/C18H14O2/c1-13(19)16-12-17(14-8-4-2-5-9-14)20-18(16)15-10-6-3-7-11-15/h2-12H,1H3. The van der Waals surface area contributed by atoms with Crippen LogP contribution in [0.4, 0.5) is 0 Å². The van der Waals surface area contributed by atoms with E-state index in [1.165, 1.54) is 0 Å². The van der Waals surface area contributed by atoms with Crippen molar-refractivity contribution >= 4 is 5.78 Å². The maximum atomic E-state index is 11.8. The highest BCUT2D eigenvalue weighted by atomic mass is 16.3. The number of hydrogen-bond donors (Lipinski definition) is 0. The summed E-state index contributed by atoms with van der Waals surface area (Å²) < 4.78 is 5.93. The van der Waals surface area contributed by atoms with Crippen molar-refractivity contribution in [2.24, 2.45) is 0 Å². The summed E-state index contributed by atoms with van der Waals surface area (Å²) >= 11 is 0. The minimum atomic E-state index is 0.00906. The van der Waals surface area contributed by atoms with Gasteiger partial charge in [0.1, 0.15) is 11.5 Å². The summed E-state index contributed by atoms with van der Waals surface area (Å²) in [6, 6.07) is 21.3. The second-order valence-corrected chi connectivity index (χ2v) is 4.64. The van der Waals surface area contributed by atoms with Crippen LogP contribution in [0.2, 0.25) is 0 Å². The Bertz CT molecular complexity index is 725. The first-order valence-electron chi connectivity index (χ1n) is 6.51. The van der Waals surface area contributed by atoms with Gasteiger partial charge in [0.25, 0.3) is 0 Å². The van der Waals surface area contributed by atoms with Crippen LogP contribution < -0.4 is 0 Å². The van der Waals surface area contributed by atoms with E-state index in [1.54, 1.807) is 6.92 Å². The number of carbonyl (C=O) groups is 1. The summed E-state index contributed by atoms with van der Waals surface area (Å²) in [6.07, 6.45) is 0. The van der Waals surface area contributed by atoms with Crippen molar-refractivity contribution in [2.45, 2.75) is 6.92 Å². The van der Waals surface area contributed by atoms with Gasteiger partial charge in [-0.1, -0.05) is 60.7 Å². The van der Waals surface area contributed by atoms with E-state index in [9.17, 15) is 4.79 Å². The second-order valence-electron chi connectivity index (χ2n) is 4.64. The highest BCUT2D eigenvalue weighted by Crippen LogP contribution is 2.32. The van der Waals surface area contributed by atoms with Crippen molar-refractivity contribution in [1.29, 1.82) is 0 Å². The molecule has 2 heteroatoms. The van der Waals surface area contributed by atoms with Crippen molar-refractivity contribution in [3.63, 3.8) is 0 Å². The van der Waals surface area contributed by atoms with Gasteiger partial charge < -0.3 is 4.42 Å². The molecule has 1 aromatic heterocycles. The molecule has 3 aromatic rings. The number of hydrogen-bond acceptors (Lipinski definition) is 2. The monoisotopic (exact) mass is 262 g/mol. The zero-order chi connectivity index (χ0) is 13.9. The molecule has 0 spiro atoms. The molecule has 0 radical (unpaired) electrons. The first-order valence-corrected chi connectivity index (χ1v) is 6.51. The lowest BCUT2D eigenvalue weighted by molar-refractivity contribution is 0.101. The van der Waals surface area contributed by atoms with E-state index in [0.717, 1.165) is 16.9 Å². The molecule has 0 aliphatic rings. The van der Waals surface area contributed by atoms with Gasteiger partial charge in [0.2, 0.25) is 0 Å². The molecule has 98 valence electrons. The van der Waals surface area contributed by atoms with Gasteiger partial charge in [-0.3, -0.25) is 4.79 Å². The first kappa shape index (κ1) is 12.4. The lowest BCUT2D eigenvalue weighted by Crippen LogP contribution is -1.91. The van der Waals surface area contributed by atoms with E-state index in [0.29, 0.717) is 11.3 Å². The van der Waals surface area contributed by atoms with Crippen molar-refractivity contribution in [3.05, 3.63) is 72.3 Å². The third-order valence-corrected chi connectivity index (χ3v) is 3.21. The molecule has 0 atom stereocenters. The Morgan fingerprint density at radius 3 is 1.95 bits per heavy atom. The topological polar surface area (TPSA) is 30.2 Å². The minimum absolute atomic E-state index is 0.00906. The molecule has 20 heavy (non-hydrogen) atoms. The minimum Gasteiger partial charge on any atom is -0.455 e. The van der Waals surface area contributed by atoms with Gasteiger partial charge in [0.05, 0.1) is 5.56 Å². The highest BCUT2D eigenvalue weighted by molar-refractivity contribution is 6.00. The van der Waals surface area contributed by atoms with E-state index >= 15 is 0 Å². The molecule has 0 fully saturated rings. The summed E-state index contributed by atoms with van der Waals surface area (Å²) in [4.78, 5) is 11.8. The summed E-state index contributed by atoms with van der Waals surface area (Å²) in [5.41, 5.74) is 2.51. The second kappa shape index (κ2) is 5.17. The van der Waals surface area contributed by atoms with Crippen LogP contribution in [-0.2, 0) is 0 Å². The zero-order valence-electron chi connectivity index (χ0n) is 11.2. The normalized spacial score (nSPS) is 10.4. The fourth-order valence-electron chi connectivity index (χ4n) is 2.20. The fourth-order valence-corrected chi connectivity index (χ4v) is 2.20. The van der Waals surface area contributed by atoms with Gasteiger partial charge in [0.15, 0.2) is 5.78 Å². The van der Waals surface area contributed by atoms with Crippen LogP contribution in [-0.4, -0.2) is 5.78 Å². The Kier molecular flexibility index (Phi) is 3.21. The van der Waals surface area contributed by atoms with Gasteiger partial charge in [-0.15, -0.1) is 0 Å². The highest BCUT2D eigenvalue weighted by Gasteiger charge is 2.17. The predicted molar refractivity (Wildman–Crippen MR) is 79.6 cm³/mol. The lowest BCUT2D eigenvalue weighted by Gasteiger charge is -1.99. The molecule has 0 bridgehead atoms. The van der Waals surface area contributed by atoms with E-state index in [1.807, 2.05) is 66.7 Å². The maximum Gasteiger partial charge on any atom is 0.163 e. The SMILES string of the molecule is CC(=O)c1cc(-c2ccccc2)oc1-c1ccccc1. The van der Waals surface area contributed by atoms with E-state index < -0.39 is 0 Å². The number of Topliss-reactive ketones (excluding diaryl/α,β-unsaturated/α-hetero) is 1. The van der Waals surface area contributed by atoms with Crippen molar-refractivity contribution in [3.8, 4) is 22.6 Å². The molecule has 0 saturated heterocycles. The van der Waals surface area contributed by atoms with Gasteiger partial charge in [-0.2, -0.15) is 0 Å². The number of ketones is 1. The predicted octanol–water partition coefficient (Wildman–Crippen LogP) is 4.82. The molecular formula is C18H14O2. The zero-order valence-corrected chi connectivity index (χ0v) is 11.2. The number of carbonyl (C=O) groups excluding carboxylic acids is 1. The van der Waals surface area contributed by atoms with Gasteiger partial charge in [-0.25, -0.2) is 0 Å². The molecule has 0 aliphatic carbocycles. The van der Waals surface area contributed by atoms with Crippen LogP contribution >= 0.6 is 0 Å². The summed E-state index contributed by atoms with van der Waals surface area (Å²) in [5.74, 6) is 1.36. The quantitative estimate of drug-likeness (QED) is 0.634. The lowest BCUT2D eigenvalue weighted by atomic mass is 10.1. The third-order valence-electron chi connectivity index (χ3n) is 3.21. The van der Waals surface area contributed by atoms with Crippen LogP contribution in [0.1, 0.15) is 17.3 Å². The average Bonchev–Trinajstić information content (AvgIpc) is 2.94. The summed E-state index contributed by atoms with van der Waals surface area (Å²) in [5, 5.41) is 0. The molecule has 2 aromatic carbocycles. The van der Waals surface area contributed by atoms with Crippen molar-refractivity contribution < 1.29 is 9.21 Å². The number of rotatable bonds is 3. The molecular weight excluding hydrogens is 248 g/mol. The van der Waals surface area contributed by atoms with Gasteiger partial charge in [-0.05, 0) is 13.0 Å². The van der Waals surface area contributed by atoms with Crippen molar-refractivity contribution in [1.82, 2.24) is 0 Å². The molecule has 0 N–H and O–H groups in total. The van der Waals surface area contributed by atoms with E-state index in [-0.39, 0.29) is 5.78 Å². The molecule has 2 nitrogen and oxygen atoms in total. The van der Waals surface area contributed by atoms with Crippen molar-refractivity contribution in [2.75, 3.05) is 0 Å². The molecule has 3 rings (SSSR count). The molecule has 1 heterocycles. The van der Waals surface area contributed by atoms with Crippen LogP contribution in [0, 0.1) is 0 Å². The third kappa shape index (κ3) is 2.28. The molecule has 0 aliphatic heterocycles. The first-order chi connectivity index (χ1) is 9.75. The Labute approximate surface area is 117 Å². The van der Waals surface area contributed by atoms with Gasteiger partial charge in [0, 0.05) is 11.1 Å². The molecule has 0 saturated carbocycles. The average molecular weight is 262 g/mol. The van der Waals surface area contributed by atoms with Gasteiger partial charge >= 0.3 is 0 Å². The number of furan rings is 1. The fraction of sp³-hybridized carbons (Fsp3) is 0.0556. The summed E-state index contributed by atoms with van der Waals surface area (Å²) in [6.45, 7) is 1.56. The smallest absolute Gasteiger partial charge is 0.163 e. The summed E-state index contributed by atoms with van der Waals surface area (Å²) in [7, 11) is 0. The molecule has 0 amide bonds. The van der Waals surface area contributed by atoms with E-state index in [4.69, 9.17) is 4.42 Å². The number of benzene rings is 2. The Morgan fingerprint density at radius 2 is 1.40 bits per heavy atom. The maximum absolute atomic E-state index is 11.8. The van der Waals surface area contributed by atoms with Crippen LogP contribution in [0.5, 0.6) is 0 Å². The molecule has 0 unspecified atom stereocenters. The van der Waals surface area contributed by atoms with E-state index in [2.05, 4.69) is 0 Å². The Hall–Kier alpha value is -2.61. The Morgan fingerprint density at radius 1 is 0.850 bits per heavy atom. The van der Waals surface area contributed by atoms with Crippen LogP contribution in [0.25, 0.3) is 22.6 Å².